The molecule has 0 spiro atoms. The highest BCUT2D eigenvalue weighted by atomic mass is 16.2. The normalized spacial score (nSPS) is 17.7. The Kier molecular flexibility index (Phi) is 9.52. The molecule has 0 bridgehead atoms. The summed E-state index contributed by atoms with van der Waals surface area (Å²) in [4.78, 5) is 36.9. The van der Waals surface area contributed by atoms with Gasteiger partial charge in [0, 0.05) is 38.9 Å². The maximum Gasteiger partial charge on any atom is 0.273 e. The number of nitrogens with zero attached hydrogens (tertiary/aromatic N) is 1. The summed E-state index contributed by atoms with van der Waals surface area (Å²) in [6, 6.07) is 0. The van der Waals surface area contributed by atoms with Gasteiger partial charge >= 0.3 is 0 Å². The van der Waals surface area contributed by atoms with E-state index in [9.17, 15) is 9.59 Å². The molecule has 0 unspecified atom stereocenters. The van der Waals surface area contributed by atoms with Crippen molar-refractivity contribution < 1.29 is 9.59 Å². The minimum Gasteiger partial charge on any atom is -0.355 e. The van der Waals surface area contributed by atoms with Gasteiger partial charge in [-0.25, -0.2) is 4.99 Å². The smallest absolute Gasteiger partial charge is 0.273 e. The molecule has 0 aromatic carbocycles. The van der Waals surface area contributed by atoms with Crippen LogP contribution in [0.15, 0.2) is 33.0 Å². The van der Waals surface area contributed by atoms with Gasteiger partial charge in [0.25, 0.3) is 11.8 Å². The van der Waals surface area contributed by atoms with Gasteiger partial charge in [0.1, 0.15) is 0 Å². The fourth-order valence-electron chi connectivity index (χ4n) is 6.66. The molecule has 2 aliphatic heterocycles. The Morgan fingerprint density at radius 2 is 1.05 bits per heavy atom. The van der Waals surface area contributed by atoms with Crippen LogP contribution in [0, 0.1) is 0 Å². The first-order valence-electron chi connectivity index (χ1n) is 15.6. The zero-order chi connectivity index (χ0) is 29.8. The SMILES string of the molecule is CCC1=C(CC)C(/C=c2\[nH]/c(=C/c3[nH]c(/C=C4/NC(=O)C(CC)=C4CC)c(CC)c3CC)c(CC)c2CC)=NC1=O. The fourth-order valence-corrected chi connectivity index (χ4v) is 6.66. The molecule has 6 heteroatoms. The van der Waals surface area contributed by atoms with Crippen molar-refractivity contribution in [2.45, 2.75) is 107 Å². The largest absolute Gasteiger partial charge is 0.355 e. The van der Waals surface area contributed by atoms with Crippen molar-refractivity contribution in [3.63, 3.8) is 0 Å². The molecule has 0 fully saturated rings. The molecule has 2 aliphatic rings. The zero-order valence-corrected chi connectivity index (χ0v) is 26.2. The lowest BCUT2D eigenvalue weighted by Gasteiger charge is -2.05. The van der Waals surface area contributed by atoms with Crippen molar-refractivity contribution in [2.24, 2.45) is 4.99 Å². The van der Waals surface area contributed by atoms with Gasteiger partial charge in [-0.15, -0.1) is 0 Å². The number of hydrogen-bond donors (Lipinski definition) is 3. The second-order valence-corrected chi connectivity index (χ2v) is 10.7. The lowest BCUT2D eigenvalue weighted by atomic mass is 10.00. The van der Waals surface area contributed by atoms with Crippen LogP contribution in [-0.2, 0) is 35.3 Å². The lowest BCUT2D eigenvalue weighted by molar-refractivity contribution is -0.116. The number of allylic oxidation sites excluding steroid dienone is 2. The average Bonchev–Trinajstić information content (AvgIpc) is 3.67. The van der Waals surface area contributed by atoms with Crippen molar-refractivity contribution in [1.82, 2.24) is 15.3 Å². The van der Waals surface area contributed by atoms with Gasteiger partial charge in [-0.1, -0.05) is 55.4 Å². The van der Waals surface area contributed by atoms with Crippen molar-refractivity contribution in [1.29, 1.82) is 0 Å². The first kappa shape index (κ1) is 30.3. The van der Waals surface area contributed by atoms with E-state index < -0.39 is 0 Å². The molecule has 218 valence electrons. The van der Waals surface area contributed by atoms with Crippen LogP contribution in [0.4, 0.5) is 0 Å². The number of aliphatic imine (C=N–C) groups is 1. The Morgan fingerprint density at radius 3 is 1.56 bits per heavy atom. The van der Waals surface area contributed by atoms with Crippen molar-refractivity contribution in [2.75, 3.05) is 0 Å². The van der Waals surface area contributed by atoms with Gasteiger partial charge in [-0.05, 0) is 103 Å². The van der Waals surface area contributed by atoms with Crippen LogP contribution in [-0.4, -0.2) is 27.5 Å². The van der Waals surface area contributed by atoms with Gasteiger partial charge in [-0.2, -0.15) is 0 Å². The van der Waals surface area contributed by atoms with Crippen LogP contribution in [0.2, 0.25) is 0 Å². The standard InChI is InChI=1S/C35H46N4O2/c1-9-20-22(11-3)30(18-32-24(13-5)26(15-7)34(40)38-32)36-28(20)17-29-21(10-2)23(12-4)31(37-29)19-33-25(14-6)27(16-8)35(41)39-33/h17-19,36-37H,9-16H2,1-8H3,(H,38,40)/b29-17+,31-19-,32-18+. The predicted octanol–water partition coefficient (Wildman–Crippen LogP) is 5.89. The lowest BCUT2D eigenvalue weighted by Crippen LogP contribution is -2.16. The van der Waals surface area contributed by atoms with Gasteiger partial charge in [-0.3, -0.25) is 9.59 Å². The number of aromatic amines is 2. The van der Waals surface area contributed by atoms with E-state index in [-0.39, 0.29) is 11.8 Å². The van der Waals surface area contributed by atoms with Crippen LogP contribution < -0.4 is 16.0 Å². The Balaban J connectivity index is 1.89. The van der Waals surface area contributed by atoms with E-state index in [1.165, 1.54) is 22.3 Å². The molecular formula is C35H46N4O2. The number of aromatic nitrogens is 2. The molecule has 41 heavy (non-hydrogen) atoms. The summed E-state index contributed by atoms with van der Waals surface area (Å²) in [5.74, 6) is -0.0701. The van der Waals surface area contributed by atoms with Crippen molar-refractivity contribution >= 4 is 35.8 Å². The van der Waals surface area contributed by atoms with E-state index >= 15 is 0 Å². The molecule has 6 nitrogen and oxygen atoms in total. The number of carbonyl (C=O) groups excluding carboxylic acids is 2. The van der Waals surface area contributed by atoms with Crippen LogP contribution in [0.1, 0.15) is 115 Å². The Hall–Kier alpha value is -3.67. The Morgan fingerprint density at radius 1 is 0.537 bits per heavy atom. The summed E-state index contributed by atoms with van der Waals surface area (Å²) < 4.78 is 0. The van der Waals surface area contributed by atoms with Gasteiger partial charge in [0.2, 0.25) is 0 Å². The number of carbonyl (C=O) groups is 2. The molecule has 2 aromatic rings. The molecule has 3 N–H and O–H groups in total. The third-order valence-corrected chi connectivity index (χ3v) is 8.62. The predicted molar refractivity (Wildman–Crippen MR) is 170 cm³/mol. The molecule has 0 atom stereocenters. The summed E-state index contributed by atoms with van der Waals surface area (Å²) in [6.07, 6.45) is 13.1. The Labute approximate surface area is 244 Å². The number of nitrogens with one attached hydrogen (secondary N) is 3. The van der Waals surface area contributed by atoms with Gasteiger partial charge < -0.3 is 15.3 Å². The second-order valence-electron chi connectivity index (χ2n) is 10.7. The number of rotatable bonds is 11. The summed E-state index contributed by atoms with van der Waals surface area (Å²) in [5.41, 5.74) is 12.9. The summed E-state index contributed by atoms with van der Waals surface area (Å²) in [7, 11) is 0. The number of H-pyrrole nitrogens is 2. The summed E-state index contributed by atoms with van der Waals surface area (Å²) in [6.45, 7) is 17.0. The fraction of sp³-hybridized carbons (Fsp3) is 0.457. The van der Waals surface area contributed by atoms with Crippen molar-refractivity contribution in [3.8, 4) is 0 Å². The van der Waals surface area contributed by atoms with E-state index in [4.69, 9.17) is 0 Å². The molecule has 0 saturated carbocycles. The molecule has 0 aliphatic carbocycles. The van der Waals surface area contributed by atoms with Crippen LogP contribution >= 0.6 is 0 Å². The topological polar surface area (TPSA) is 90.1 Å². The van der Waals surface area contributed by atoms with Crippen LogP contribution in [0.5, 0.6) is 0 Å². The van der Waals surface area contributed by atoms with E-state index in [1.54, 1.807) is 0 Å². The first-order chi connectivity index (χ1) is 19.8. The third-order valence-electron chi connectivity index (χ3n) is 8.62. The zero-order valence-electron chi connectivity index (χ0n) is 26.2. The average molecular weight is 555 g/mol. The minimum atomic E-state index is -0.0963. The maximum absolute atomic E-state index is 12.6. The third kappa shape index (κ3) is 5.49. The number of hydrogen-bond acceptors (Lipinski definition) is 2. The molecule has 2 amide bonds. The number of amides is 2. The first-order valence-corrected chi connectivity index (χ1v) is 15.6. The molecular weight excluding hydrogens is 508 g/mol. The van der Waals surface area contributed by atoms with E-state index in [2.05, 4.69) is 80.0 Å². The summed E-state index contributed by atoms with van der Waals surface area (Å²) >= 11 is 0. The molecule has 4 rings (SSSR count). The van der Waals surface area contributed by atoms with Gasteiger partial charge in [0.15, 0.2) is 0 Å². The molecule has 4 heterocycles. The summed E-state index contributed by atoms with van der Waals surface area (Å²) in [5, 5.41) is 5.23. The van der Waals surface area contributed by atoms with E-state index in [0.29, 0.717) is 6.42 Å². The van der Waals surface area contributed by atoms with Crippen LogP contribution in [0.3, 0.4) is 0 Å². The van der Waals surface area contributed by atoms with Crippen molar-refractivity contribution in [3.05, 3.63) is 72.3 Å². The van der Waals surface area contributed by atoms with Crippen LogP contribution in [0.25, 0.3) is 18.2 Å². The molecule has 0 saturated heterocycles. The monoisotopic (exact) mass is 554 g/mol. The van der Waals surface area contributed by atoms with Gasteiger partial charge in [0.05, 0.1) is 5.71 Å². The Bertz CT molecular complexity index is 1620. The molecule has 2 aromatic heterocycles. The minimum absolute atomic E-state index is 0.0262. The highest BCUT2D eigenvalue weighted by Gasteiger charge is 2.26. The highest BCUT2D eigenvalue weighted by molar-refractivity contribution is 6.31. The second kappa shape index (κ2) is 12.9. The quantitative estimate of drug-likeness (QED) is 0.323. The maximum atomic E-state index is 12.6. The van der Waals surface area contributed by atoms with E-state index in [1.807, 2.05) is 13.8 Å². The molecule has 0 radical (unpaired) electrons. The highest BCUT2D eigenvalue weighted by Crippen LogP contribution is 2.30. The van der Waals surface area contributed by atoms with E-state index in [0.717, 1.165) is 101 Å².